The second kappa shape index (κ2) is 9.70. The highest BCUT2D eigenvalue weighted by Crippen LogP contribution is 2.36. The van der Waals surface area contributed by atoms with Gasteiger partial charge in [0.1, 0.15) is 0 Å². The predicted octanol–water partition coefficient (Wildman–Crippen LogP) is 4.03. The zero-order valence-electron chi connectivity index (χ0n) is 17.8. The van der Waals surface area contributed by atoms with Crippen LogP contribution in [0.25, 0.3) is 0 Å². The minimum absolute atomic E-state index is 0.144. The molecule has 1 aliphatic carbocycles. The van der Waals surface area contributed by atoms with Crippen molar-refractivity contribution >= 4 is 16.1 Å². The van der Waals surface area contributed by atoms with Crippen LogP contribution in [0.5, 0.6) is 0 Å². The van der Waals surface area contributed by atoms with Gasteiger partial charge in [0.2, 0.25) is 0 Å². The summed E-state index contributed by atoms with van der Waals surface area (Å²) in [6.45, 7) is 1.32. The van der Waals surface area contributed by atoms with E-state index in [-0.39, 0.29) is 24.7 Å². The molecule has 1 heterocycles. The van der Waals surface area contributed by atoms with E-state index in [1.807, 2.05) is 18.2 Å². The van der Waals surface area contributed by atoms with E-state index >= 15 is 0 Å². The average Bonchev–Trinajstić information content (AvgIpc) is 2.77. The van der Waals surface area contributed by atoms with Gasteiger partial charge in [-0.1, -0.05) is 30.7 Å². The zero-order valence-corrected chi connectivity index (χ0v) is 18.7. The molecule has 188 valence electrons. The number of likely N-dealkylation sites (tertiary alicyclic amines) is 1. The summed E-state index contributed by atoms with van der Waals surface area (Å²) in [5.74, 6) is -1.62. The third-order valence-electron chi connectivity index (χ3n) is 5.76. The molecule has 0 bridgehead atoms. The summed E-state index contributed by atoms with van der Waals surface area (Å²) in [4.78, 5) is 14.5. The average molecular weight is 511 g/mol. The largest absolute Gasteiger partial charge is 0.416 e. The molecule has 2 aliphatic rings. The van der Waals surface area contributed by atoms with Crippen molar-refractivity contribution in [1.29, 1.82) is 0 Å². The number of alkyl halides is 6. The van der Waals surface area contributed by atoms with Crippen molar-refractivity contribution in [3.63, 3.8) is 0 Å². The number of piperidine rings is 1. The zero-order chi connectivity index (χ0) is 25.2. The molecule has 1 atom stereocenters. The predicted molar refractivity (Wildman–Crippen MR) is 112 cm³/mol. The van der Waals surface area contributed by atoms with Crippen molar-refractivity contribution in [2.24, 2.45) is 0 Å². The Morgan fingerprint density at radius 1 is 0.941 bits per heavy atom. The van der Waals surface area contributed by atoms with Crippen LogP contribution in [-0.4, -0.2) is 44.4 Å². The lowest BCUT2D eigenvalue weighted by atomic mass is 9.87. The van der Waals surface area contributed by atoms with Crippen molar-refractivity contribution in [2.75, 3.05) is 19.6 Å². The van der Waals surface area contributed by atoms with E-state index in [0.29, 0.717) is 6.42 Å². The lowest BCUT2D eigenvalue weighted by Crippen LogP contribution is -2.57. The summed E-state index contributed by atoms with van der Waals surface area (Å²) >= 11 is 0. The summed E-state index contributed by atoms with van der Waals surface area (Å²) in [7, 11) is -4.60. The van der Waals surface area contributed by atoms with Gasteiger partial charge in [0, 0.05) is 12.1 Å². The van der Waals surface area contributed by atoms with E-state index in [1.54, 1.807) is 6.08 Å². The summed E-state index contributed by atoms with van der Waals surface area (Å²) in [5.41, 5.74) is -5.23. The molecule has 0 spiro atoms. The van der Waals surface area contributed by atoms with Gasteiger partial charge < -0.3 is 0 Å². The Morgan fingerprint density at radius 3 is 2.03 bits per heavy atom. The molecule has 1 unspecified atom stereocenters. The van der Waals surface area contributed by atoms with Gasteiger partial charge in [-0.15, -0.1) is 0 Å². The summed E-state index contributed by atoms with van der Waals surface area (Å²) in [6, 6.07) is 0.197. The molecule has 6 nitrogen and oxygen atoms in total. The molecule has 1 aromatic rings. The molecule has 2 N–H and O–H groups in total. The Bertz CT molecular complexity index is 1040. The number of allylic oxidation sites excluding steroid dienone is 2. The maximum Gasteiger partial charge on any atom is 0.416 e. The fraction of sp³-hybridized carbons (Fsp3) is 0.476. The fourth-order valence-electron chi connectivity index (χ4n) is 3.99. The van der Waals surface area contributed by atoms with Gasteiger partial charge in [-0.25, -0.2) is 4.72 Å². The monoisotopic (exact) mass is 511 g/mol. The molecular formula is C21H23F6N3O3S. The van der Waals surface area contributed by atoms with E-state index in [0.717, 1.165) is 32.4 Å². The van der Waals surface area contributed by atoms with Gasteiger partial charge in [-0.05, 0) is 50.6 Å². The number of nitrogens with zero attached hydrogens (tertiary/aromatic N) is 1. The first-order valence-corrected chi connectivity index (χ1v) is 11.9. The molecule has 1 saturated heterocycles. The molecule has 13 heteroatoms. The molecule has 1 fully saturated rings. The van der Waals surface area contributed by atoms with Crippen LogP contribution >= 0.6 is 0 Å². The second-order valence-electron chi connectivity index (χ2n) is 8.19. The lowest BCUT2D eigenvalue weighted by Gasteiger charge is -2.44. The SMILES string of the molecule is O=C(NS(=O)(=O)NCC1(N2CCCCC2)C=CC=CC1)c1cc(C(F)(F)F)cc(C(F)(F)F)c1. The number of halogens is 6. The first-order valence-electron chi connectivity index (χ1n) is 10.4. The number of amides is 1. The maximum absolute atomic E-state index is 13.0. The summed E-state index contributed by atoms with van der Waals surface area (Å²) in [5, 5.41) is 0. The van der Waals surface area contributed by atoms with Gasteiger partial charge in [-0.2, -0.15) is 39.5 Å². The van der Waals surface area contributed by atoms with Gasteiger partial charge in [-0.3, -0.25) is 9.69 Å². The Balaban J connectivity index is 1.79. The molecule has 1 aromatic carbocycles. The standard InChI is InChI=1S/C21H23F6N3O3S/c22-20(23,24)16-11-15(12-17(13-16)21(25,26)27)18(31)29-34(32,33)28-14-19(7-3-1-4-8-19)30-9-5-2-6-10-30/h1,3-4,7,11-13,28H,2,5-6,8-10,14H2,(H,29,31). The van der Waals surface area contributed by atoms with E-state index in [4.69, 9.17) is 0 Å². The first kappa shape index (κ1) is 26.2. The third kappa shape index (κ3) is 6.39. The highest BCUT2D eigenvalue weighted by atomic mass is 32.2. The molecule has 0 aromatic heterocycles. The lowest BCUT2D eigenvalue weighted by molar-refractivity contribution is -0.143. The van der Waals surface area contributed by atoms with Crippen molar-refractivity contribution in [1.82, 2.24) is 14.3 Å². The van der Waals surface area contributed by atoms with Crippen molar-refractivity contribution in [3.8, 4) is 0 Å². The summed E-state index contributed by atoms with van der Waals surface area (Å²) in [6.07, 6.45) is 0.335. The number of carbonyl (C=O) groups excluding carboxylic acids is 1. The van der Waals surface area contributed by atoms with Gasteiger partial charge in [0.05, 0.1) is 16.7 Å². The van der Waals surface area contributed by atoms with Gasteiger partial charge in [0.15, 0.2) is 0 Å². The number of benzene rings is 1. The molecule has 0 saturated carbocycles. The highest BCUT2D eigenvalue weighted by Gasteiger charge is 2.39. The number of hydrogen-bond donors (Lipinski definition) is 2. The number of hydrogen-bond acceptors (Lipinski definition) is 4. The molecule has 0 radical (unpaired) electrons. The Kier molecular flexibility index (Phi) is 7.48. The Hall–Kier alpha value is -2.38. The smallest absolute Gasteiger partial charge is 0.293 e. The van der Waals surface area contributed by atoms with E-state index < -0.39 is 50.7 Å². The van der Waals surface area contributed by atoms with Crippen LogP contribution in [0.2, 0.25) is 0 Å². The minimum Gasteiger partial charge on any atom is -0.293 e. The number of nitrogens with one attached hydrogen (secondary N) is 2. The number of carbonyl (C=O) groups is 1. The van der Waals surface area contributed by atoms with Gasteiger partial charge >= 0.3 is 22.6 Å². The fourth-order valence-corrected chi connectivity index (χ4v) is 4.87. The summed E-state index contributed by atoms with van der Waals surface area (Å²) < 4.78 is 107. The van der Waals surface area contributed by atoms with Crippen molar-refractivity contribution in [2.45, 2.75) is 43.6 Å². The number of rotatable bonds is 6. The molecule has 1 aliphatic heterocycles. The molecule has 34 heavy (non-hydrogen) atoms. The first-order chi connectivity index (χ1) is 15.7. The van der Waals surface area contributed by atoms with E-state index in [9.17, 15) is 39.6 Å². The van der Waals surface area contributed by atoms with E-state index in [1.165, 1.54) is 4.72 Å². The van der Waals surface area contributed by atoms with Crippen LogP contribution in [0.1, 0.15) is 47.2 Å². The van der Waals surface area contributed by atoms with Crippen LogP contribution < -0.4 is 9.44 Å². The maximum atomic E-state index is 13.0. The molecule has 1 amide bonds. The van der Waals surface area contributed by atoms with Crippen molar-refractivity contribution < 1.29 is 39.6 Å². The van der Waals surface area contributed by atoms with Crippen LogP contribution in [-0.2, 0) is 22.6 Å². The topological polar surface area (TPSA) is 78.5 Å². The van der Waals surface area contributed by atoms with Crippen LogP contribution in [0.4, 0.5) is 26.3 Å². The molecular weight excluding hydrogens is 488 g/mol. The quantitative estimate of drug-likeness (QED) is 0.566. The van der Waals surface area contributed by atoms with Crippen LogP contribution in [0.3, 0.4) is 0 Å². The second-order valence-corrected chi connectivity index (χ2v) is 9.69. The Morgan fingerprint density at radius 2 is 1.53 bits per heavy atom. The third-order valence-corrected chi connectivity index (χ3v) is 6.73. The molecule has 3 rings (SSSR count). The van der Waals surface area contributed by atoms with E-state index in [2.05, 4.69) is 9.62 Å². The highest BCUT2D eigenvalue weighted by molar-refractivity contribution is 7.88. The van der Waals surface area contributed by atoms with Crippen molar-refractivity contribution in [3.05, 3.63) is 59.2 Å². The normalized spacial score (nSPS) is 22.1. The van der Waals surface area contributed by atoms with Crippen LogP contribution in [0, 0.1) is 0 Å². The minimum atomic E-state index is -5.17. The Labute approximate surface area is 192 Å². The van der Waals surface area contributed by atoms with Crippen LogP contribution in [0.15, 0.2) is 42.5 Å². The van der Waals surface area contributed by atoms with Gasteiger partial charge in [0.25, 0.3) is 5.91 Å².